The zero-order valence-corrected chi connectivity index (χ0v) is 13.4. The van der Waals surface area contributed by atoms with Crippen molar-refractivity contribution in [1.82, 2.24) is 15.1 Å². The van der Waals surface area contributed by atoms with E-state index in [1.807, 2.05) is 23.0 Å². The molecule has 1 aromatic carbocycles. The van der Waals surface area contributed by atoms with Crippen LogP contribution in [0, 0.1) is 0 Å². The second-order valence-electron chi connectivity index (χ2n) is 6.59. The largest absolute Gasteiger partial charge is 0.496 e. The molecule has 5 nitrogen and oxygen atoms in total. The second kappa shape index (κ2) is 5.98. The zero-order chi connectivity index (χ0) is 15.8. The summed E-state index contributed by atoms with van der Waals surface area (Å²) in [6.07, 6.45) is 7.36. The summed E-state index contributed by atoms with van der Waals surface area (Å²) in [6.45, 7) is 0. The first-order valence-corrected chi connectivity index (χ1v) is 8.34. The molecule has 0 amide bonds. The summed E-state index contributed by atoms with van der Waals surface area (Å²) in [6, 6.07) is 9.02. The number of methoxy groups -OCH3 is 1. The van der Waals surface area contributed by atoms with Gasteiger partial charge in [-0.1, -0.05) is 12.1 Å². The number of aliphatic hydroxyl groups excluding tert-OH is 1. The number of hydrogen-bond acceptors (Lipinski definition) is 4. The summed E-state index contributed by atoms with van der Waals surface area (Å²) in [5, 5.41) is 18.1. The highest BCUT2D eigenvalue weighted by molar-refractivity contribution is 5.42. The van der Waals surface area contributed by atoms with Crippen LogP contribution in [0.3, 0.4) is 0 Å². The van der Waals surface area contributed by atoms with Crippen molar-refractivity contribution in [1.29, 1.82) is 0 Å². The summed E-state index contributed by atoms with van der Waals surface area (Å²) in [5.41, 5.74) is 2.73. The average molecular weight is 313 g/mol. The van der Waals surface area contributed by atoms with Gasteiger partial charge in [-0.3, -0.25) is 4.68 Å². The maximum absolute atomic E-state index is 10.1. The van der Waals surface area contributed by atoms with Crippen molar-refractivity contribution in [3.05, 3.63) is 47.8 Å². The molecule has 5 heteroatoms. The van der Waals surface area contributed by atoms with Gasteiger partial charge in [0.1, 0.15) is 5.75 Å². The first-order chi connectivity index (χ1) is 11.3. The molecule has 4 atom stereocenters. The van der Waals surface area contributed by atoms with Gasteiger partial charge < -0.3 is 15.2 Å². The van der Waals surface area contributed by atoms with Gasteiger partial charge in [-0.15, -0.1) is 0 Å². The number of fused-ring (bicyclic) bond motifs is 1. The summed E-state index contributed by atoms with van der Waals surface area (Å²) in [5.74, 6) is 1.01. The van der Waals surface area contributed by atoms with Gasteiger partial charge in [-0.25, -0.2) is 0 Å². The molecule has 2 aromatic rings. The minimum absolute atomic E-state index is 0.0525. The maximum Gasteiger partial charge on any atom is 0.122 e. The lowest BCUT2D eigenvalue weighted by molar-refractivity contribution is -0.0122. The van der Waals surface area contributed by atoms with Crippen LogP contribution in [0.1, 0.15) is 30.0 Å². The average Bonchev–Trinajstić information content (AvgIpc) is 3.06. The van der Waals surface area contributed by atoms with Crippen molar-refractivity contribution in [3.8, 4) is 5.75 Å². The predicted molar refractivity (Wildman–Crippen MR) is 87.6 cm³/mol. The molecule has 1 heterocycles. The molecule has 4 rings (SSSR count). The molecule has 1 saturated carbocycles. The molecule has 2 aliphatic carbocycles. The highest BCUT2D eigenvalue weighted by Crippen LogP contribution is 2.35. The molecule has 1 aromatic heterocycles. The van der Waals surface area contributed by atoms with E-state index in [0.29, 0.717) is 12.1 Å². The van der Waals surface area contributed by atoms with E-state index in [-0.39, 0.29) is 12.1 Å². The molecule has 0 saturated heterocycles. The van der Waals surface area contributed by atoms with Crippen LogP contribution < -0.4 is 10.1 Å². The Morgan fingerprint density at radius 1 is 1.35 bits per heavy atom. The molecular formula is C18H23N3O2. The van der Waals surface area contributed by atoms with Gasteiger partial charge in [-0.2, -0.15) is 5.10 Å². The van der Waals surface area contributed by atoms with E-state index in [4.69, 9.17) is 4.74 Å². The van der Waals surface area contributed by atoms with Crippen LogP contribution in [0.2, 0.25) is 0 Å². The Bertz CT molecular complexity index is 671. The van der Waals surface area contributed by atoms with Crippen molar-refractivity contribution in [2.45, 2.75) is 49.9 Å². The zero-order valence-electron chi connectivity index (χ0n) is 13.4. The van der Waals surface area contributed by atoms with Crippen molar-refractivity contribution in [2.75, 3.05) is 7.11 Å². The molecule has 122 valence electrons. The van der Waals surface area contributed by atoms with Crippen LogP contribution in [0.5, 0.6) is 5.75 Å². The normalized spacial score (nSPS) is 29.7. The van der Waals surface area contributed by atoms with Crippen LogP contribution in [-0.2, 0) is 12.8 Å². The Hall–Kier alpha value is -1.85. The maximum atomic E-state index is 10.1. The van der Waals surface area contributed by atoms with E-state index in [9.17, 15) is 5.11 Å². The lowest BCUT2D eigenvalue weighted by atomic mass is 9.80. The number of rotatable bonds is 4. The van der Waals surface area contributed by atoms with Gasteiger partial charge in [0, 0.05) is 24.5 Å². The van der Waals surface area contributed by atoms with E-state index in [1.165, 1.54) is 11.1 Å². The number of ether oxygens (including phenoxy) is 1. The number of nitrogens with one attached hydrogen (secondary N) is 1. The first-order valence-electron chi connectivity index (χ1n) is 8.34. The first kappa shape index (κ1) is 14.7. The van der Waals surface area contributed by atoms with Gasteiger partial charge in [0.2, 0.25) is 0 Å². The lowest BCUT2D eigenvalue weighted by Crippen LogP contribution is -2.57. The molecule has 1 unspecified atom stereocenters. The van der Waals surface area contributed by atoms with Gasteiger partial charge in [0.05, 0.1) is 19.3 Å². The molecule has 0 aliphatic heterocycles. The van der Waals surface area contributed by atoms with Gasteiger partial charge in [0.15, 0.2) is 0 Å². The number of hydrogen-bond donors (Lipinski definition) is 2. The Morgan fingerprint density at radius 2 is 2.26 bits per heavy atom. The van der Waals surface area contributed by atoms with Gasteiger partial charge >= 0.3 is 0 Å². The minimum Gasteiger partial charge on any atom is -0.496 e. The predicted octanol–water partition coefficient (Wildman–Crippen LogP) is 1.71. The third-order valence-electron chi connectivity index (χ3n) is 5.24. The van der Waals surface area contributed by atoms with E-state index >= 15 is 0 Å². The molecule has 0 spiro atoms. The molecule has 2 aliphatic rings. The third kappa shape index (κ3) is 2.64. The molecule has 23 heavy (non-hydrogen) atoms. The number of aromatic nitrogens is 2. The van der Waals surface area contributed by atoms with Crippen LogP contribution in [0.25, 0.3) is 0 Å². The van der Waals surface area contributed by atoms with Gasteiger partial charge in [0.25, 0.3) is 0 Å². The van der Waals surface area contributed by atoms with E-state index < -0.39 is 0 Å². The Morgan fingerprint density at radius 3 is 3.00 bits per heavy atom. The fourth-order valence-electron chi connectivity index (χ4n) is 4.00. The molecule has 1 fully saturated rings. The monoisotopic (exact) mass is 313 g/mol. The quantitative estimate of drug-likeness (QED) is 0.902. The van der Waals surface area contributed by atoms with E-state index in [0.717, 1.165) is 31.4 Å². The molecular weight excluding hydrogens is 290 g/mol. The summed E-state index contributed by atoms with van der Waals surface area (Å²) >= 11 is 0. The van der Waals surface area contributed by atoms with Crippen molar-refractivity contribution < 1.29 is 9.84 Å². The number of aliphatic hydroxyl groups is 1. The van der Waals surface area contributed by atoms with Crippen LogP contribution >= 0.6 is 0 Å². The van der Waals surface area contributed by atoms with Crippen LogP contribution in [0.15, 0.2) is 36.7 Å². The van der Waals surface area contributed by atoms with E-state index in [1.54, 1.807) is 13.3 Å². The Labute approximate surface area is 136 Å². The van der Waals surface area contributed by atoms with Crippen molar-refractivity contribution in [2.24, 2.45) is 0 Å². The Kier molecular flexibility index (Phi) is 3.83. The standard InChI is InChI=1S/C18H23N3O2/c1-23-17-5-2-4-12-10-13(6-7-14(12)17)20-15-11-16(22)18(15)21-9-3-8-19-21/h2-5,8-9,13,15-16,18,20,22H,6-7,10-11H2,1H3/t13?,15-,16+,18+/m0/s1. The highest BCUT2D eigenvalue weighted by atomic mass is 16.5. The second-order valence-corrected chi connectivity index (χ2v) is 6.59. The fraction of sp³-hybridized carbons (Fsp3) is 0.500. The highest BCUT2D eigenvalue weighted by Gasteiger charge is 2.42. The van der Waals surface area contributed by atoms with Crippen LogP contribution in [-0.4, -0.2) is 40.2 Å². The molecule has 2 N–H and O–H groups in total. The molecule has 0 bridgehead atoms. The SMILES string of the molecule is COc1cccc2c1CCC(N[C@H]1C[C@@H](O)[C@@H]1n1cccn1)C2. The summed E-state index contributed by atoms with van der Waals surface area (Å²) < 4.78 is 7.36. The lowest BCUT2D eigenvalue weighted by Gasteiger charge is -2.44. The van der Waals surface area contributed by atoms with Crippen LogP contribution in [0.4, 0.5) is 0 Å². The summed E-state index contributed by atoms with van der Waals surface area (Å²) in [4.78, 5) is 0. The fourth-order valence-corrected chi connectivity index (χ4v) is 4.00. The topological polar surface area (TPSA) is 59.3 Å². The Balaban J connectivity index is 1.45. The van der Waals surface area contributed by atoms with Crippen molar-refractivity contribution in [3.63, 3.8) is 0 Å². The number of nitrogens with zero attached hydrogens (tertiary/aromatic N) is 2. The summed E-state index contributed by atoms with van der Waals surface area (Å²) in [7, 11) is 1.74. The van der Waals surface area contributed by atoms with Gasteiger partial charge in [-0.05, 0) is 48.9 Å². The van der Waals surface area contributed by atoms with E-state index in [2.05, 4.69) is 22.5 Å². The third-order valence-corrected chi connectivity index (χ3v) is 5.24. The smallest absolute Gasteiger partial charge is 0.122 e. The molecule has 0 radical (unpaired) electrons. The van der Waals surface area contributed by atoms with Crippen molar-refractivity contribution >= 4 is 0 Å². The minimum atomic E-state index is -0.302. The number of benzene rings is 1.